The summed E-state index contributed by atoms with van der Waals surface area (Å²) in [5.74, 6) is 0.220. The number of aromatic nitrogens is 1. The molecular weight excluding hydrogens is 400 g/mol. The predicted molar refractivity (Wildman–Crippen MR) is 117 cm³/mol. The van der Waals surface area contributed by atoms with E-state index >= 15 is 0 Å². The molecule has 8 heteroatoms. The van der Waals surface area contributed by atoms with Crippen molar-refractivity contribution in [3.05, 3.63) is 28.6 Å². The topological polar surface area (TPSA) is 74.8 Å². The van der Waals surface area contributed by atoms with Gasteiger partial charge in [-0.05, 0) is 55.9 Å². The van der Waals surface area contributed by atoms with Crippen molar-refractivity contribution >= 4 is 34.2 Å². The number of aryl methyl sites for hydroxylation is 1. The summed E-state index contributed by atoms with van der Waals surface area (Å²) in [6, 6.07) is 4.65. The molecule has 1 saturated heterocycles. The van der Waals surface area contributed by atoms with Gasteiger partial charge in [0.1, 0.15) is 0 Å². The van der Waals surface area contributed by atoms with Crippen molar-refractivity contribution in [1.29, 1.82) is 0 Å². The van der Waals surface area contributed by atoms with Gasteiger partial charge in [0.25, 0.3) is 0 Å². The number of carbonyl (C=O) groups is 2. The lowest BCUT2D eigenvalue weighted by Gasteiger charge is -2.31. The summed E-state index contributed by atoms with van der Waals surface area (Å²) in [6.45, 7) is 4.49. The maximum Gasteiger partial charge on any atom is 0.409 e. The molecule has 0 bridgehead atoms. The van der Waals surface area contributed by atoms with E-state index in [1.165, 1.54) is 5.56 Å². The van der Waals surface area contributed by atoms with Crippen LogP contribution in [0.5, 0.6) is 0 Å². The maximum absolute atomic E-state index is 12.3. The number of nitrogens with one attached hydrogen (secondary N) is 1. The van der Waals surface area contributed by atoms with E-state index in [2.05, 4.69) is 22.8 Å². The van der Waals surface area contributed by atoms with Crippen LogP contribution in [-0.2, 0) is 22.4 Å². The van der Waals surface area contributed by atoms with Gasteiger partial charge < -0.3 is 19.9 Å². The second-order valence-electron chi connectivity index (χ2n) is 8.11. The maximum atomic E-state index is 12.3. The molecule has 2 amide bonds. The molecule has 3 aliphatic rings. The third-order valence-electron chi connectivity index (χ3n) is 6.16. The van der Waals surface area contributed by atoms with E-state index in [4.69, 9.17) is 9.72 Å². The molecule has 30 heavy (non-hydrogen) atoms. The molecule has 1 fully saturated rings. The van der Waals surface area contributed by atoms with Crippen LogP contribution < -0.4 is 10.2 Å². The largest absolute Gasteiger partial charge is 0.450 e. The minimum absolute atomic E-state index is 0.217. The molecule has 1 aromatic carbocycles. The van der Waals surface area contributed by atoms with Crippen LogP contribution in [0.1, 0.15) is 37.3 Å². The third-order valence-corrected chi connectivity index (χ3v) is 6.93. The second kappa shape index (κ2) is 7.91. The van der Waals surface area contributed by atoms with E-state index in [1.807, 2.05) is 11.8 Å². The quantitative estimate of drug-likeness (QED) is 0.807. The van der Waals surface area contributed by atoms with Crippen molar-refractivity contribution < 1.29 is 14.3 Å². The minimum Gasteiger partial charge on any atom is -0.450 e. The Hall–Kier alpha value is -2.61. The van der Waals surface area contributed by atoms with Crippen LogP contribution in [0.2, 0.25) is 0 Å². The zero-order valence-electron chi connectivity index (χ0n) is 17.1. The van der Waals surface area contributed by atoms with Crippen LogP contribution >= 0.6 is 11.3 Å². The molecule has 0 atom stereocenters. The first-order valence-electron chi connectivity index (χ1n) is 10.7. The molecule has 2 aromatic rings. The molecule has 0 spiro atoms. The van der Waals surface area contributed by atoms with Crippen LogP contribution in [0.25, 0.3) is 11.3 Å². The van der Waals surface area contributed by atoms with E-state index in [9.17, 15) is 9.59 Å². The lowest BCUT2D eigenvalue weighted by Crippen LogP contribution is -2.42. The first-order valence-corrected chi connectivity index (χ1v) is 11.6. The van der Waals surface area contributed by atoms with Gasteiger partial charge in [0, 0.05) is 36.6 Å². The molecule has 158 valence electrons. The molecule has 1 N–H and O–H groups in total. The van der Waals surface area contributed by atoms with E-state index in [0.29, 0.717) is 32.2 Å². The van der Waals surface area contributed by atoms with Crippen molar-refractivity contribution in [1.82, 2.24) is 9.88 Å². The number of hydrogen-bond donors (Lipinski definition) is 1. The van der Waals surface area contributed by atoms with Crippen molar-refractivity contribution in [2.75, 3.05) is 36.5 Å². The van der Waals surface area contributed by atoms with Gasteiger partial charge in [0.2, 0.25) is 5.91 Å². The summed E-state index contributed by atoms with van der Waals surface area (Å²) in [4.78, 5) is 32.7. The summed E-state index contributed by atoms with van der Waals surface area (Å²) < 4.78 is 5.09. The minimum atomic E-state index is -0.217. The van der Waals surface area contributed by atoms with E-state index in [1.54, 1.807) is 16.2 Å². The Kier molecular flexibility index (Phi) is 5.10. The molecule has 5 rings (SSSR count). The number of anilines is 2. The van der Waals surface area contributed by atoms with Crippen molar-refractivity contribution in [2.24, 2.45) is 0 Å². The zero-order chi connectivity index (χ0) is 20.7. The Morgan fingerprint density at radius 1 is 1.27 bits per heavy atom. The first kappa shape index (κ1) is 19.4. The fourth-order valence-electron chi connectivity index (χ4n) is 4.70. The number of piperidine rings is 1. The number of ether oxygens (including phenoxy) is 1. The van der Waals surface area contributed by atoms with Crippen LogP contribution in [0, 0.1) is 0 Å². The molecular formula is C22H26N4O3S. The monoisotopic (exact) mass is 426 g/mol. The van der Waals surface area contributed by atoms with E-state index in [0.717, 1.165) is 59.9 Å². The fourth-order valence-corrected chi connectivity index (χ4v) is 5.49. The summed E-state index contributed by atoms with van der Waals surface area (Å²) in [7, 11) is 0. The number of likely N-dealkylation sites (tertiary alicyclic amines) is 1. The molecule has 0 aliphatic carbocycles. The summed E-state index contributed by atoms with van der Waals surface area (Å²) in [5, 5.41) is 6.53. The Bertz CT molecular complexity index is 981. The van der Waals surface area contributed by atoms with Crippen molar-refractivity contribution in [2.45, 2.75) is 45.1 Å². The Morgan fingerprint density at radius 3 is 2.87 bits per heavy atom. The predicted octanol–water partition coefficient (Wildman–Crippen LogP) is 3.68. The smallest absolute Gasteiger partial charge is 0.409 e. The number of benzene rings is 1. The zero-order valence-corrected chi connectivity index (χ0v) is 18.0. The van der Waals surface area contributed by atoms with Gasteiger partial charge in [-0.3, -0.25) is 4.79 Å². The summed E-state index contributed by atoms with van der Waals surface area (Å²) >= 11 is 1.61. The second-order valence-corrected chi connectivity index (χ2v) is 8.97. The number of thiazole rings is 1. The van der Waals surface area contributed by atoms with Crippen molar-refractivity contribution in [3.63, 3.8) is 0 Å². The average molecular weight is 427 g/mol. The SMILES string of the molecule is CCOC(=O)N1CCC(Nc2nc(-c3cc4c5c(c3)CC(=O)N5CCC4)cs2)CC1. The lowest BCUT2D eigenvalue weighted by molar-refractivity contribution is -0.117. The average Bonchev–Trinajstić information content (AvgIpc) is 3.34. The molecule has 1 aromatic heterocycles. The number of amides is 2. The van der Waals surface area contributed by atoms with E-state index in [-0.39, 0.29) is 12.0 Å². The van der Waals surface area contributed by atoms with Gasteiger partial charge in [-0.25, -0.2) is 9.78 Å². The van der Waals surface area contributed by atoms with Gasteiger partial charge in [-0.2, -0.15) is 0 Å². The van der Waals surface area contributed by atoms with E-state index < -0.39 is 0 Å². The highest BCUT2D eigenvalue weighted by atomic mass is 32.1. The molecule has 0 saturated carbocycles. The highest BCUT2D eigenvalue weighted by molar-refractivity contribution is 7.14. The third kappa shape index (κ3) is 3.53. The normalized spacial score (nSPS) is 18.5. The molecule has 0 unspecified atom stereocenters. The fraction of sp³-hybridized carbons (Fsp3) is 0.500. The van der Waals surface area contributed by atoms with Gasteiger partial charge in [-0.15, -0.1) is 11.3 Å². The summed E-state index contributed by atoms with van der Waals surface area (Å²) in [5.41, 5.74) is 5.62. The van der Waals surface area contributed by atoms with Gasteiger partial charge in [-0.1, -0.05) is 0 Å². The number of hydrogen-bond acceptors (Lipinski definition) is 6. The standard InChI is InChI=1S/C22H26N4O3S/c1-2-29-22(28)25-8-5-17(6-9-25)23-21-24-18(13-30-21)15-10-14-4-3-7-26-19(27)12-16(11-15)20(14)26/h10-11,13,17H,2-9,12H2,1H3,(H,23,24). The van der Waals surface area contributed by atoms with Crippen LogP contribution in [0.3, 0.4) is 0 Å². The number of carbonyl (C=O) groups excluding carboxylic acids is 2. The van der Waals surface area contributed by atoms with Crippen LogP contribution in [-0.4, -0.2) is 54.2 Å². The Morgan fingerprint density at radius 2 is 2.07 bits per heavy atom. The number of rotatable bonds is 4. The van der Waals surface area contributed by atoms with Gasteiger partial charge in [0.05, 0.1) is 24.4 Å². The Balaban J connectivity index is 1.27. The molecule has 4 heterocycles. The summed E-state index contributed by atoms with van der Waals surface area (Å²) in [6.07, 6.45) is 4.10. The highest BCUT2D eigenvalue weighted by Gasteiger charge is 2.32. The Labute approximate surface area is 180 Å². The van der Waals surface area contributed by atoms with Crippen LogP contribution in [0.4, 0.5) is 15.6 Å². The highest BCUT2D eigenvalue weighted by Crippen LogP contribution is 2.40. The first-order chi connectivity index (χ1) is 14.6. The molecule has 7 nitrogen and oxygen atoms in total. The van der Waals surface area contributed by atoms with Gasteiger partial charge in [0.15, 0.2) is 5.13 Å². The van der Waals surface area contributed by atoms with Crippen LogP contribution in [0.15, 0.2) is 17.5 Å². The molecule has 0 radical (unpaired) electrons. The number of nitrogens with zero attached hydrogens (tertiary/aromatic N) is 3. The lowest BCUT2D eigenvalue weighted by atomic mass is 9.96. The van der Waals surface area contributed by atoms with Gasteiger partial charge >= 0.3 is 6.09 Å². The van der Waals surface area contributed by atoms with Crippen molar-refractivity contribution in [3.8, 4) is 11.3 Å². The molecule has 3 aliphatic heterocycles.